The van der Waals surface area contributed by atoms with Crippen LogP contribution in [-0.4, -0.2) is 53.0 Å². The number of nitrogens with zero attached hydrogens (tertiary/aromatic N) is 2. The van der Waals surface area contributed by atoms with Gasteiger partial charge in [0.25, 0.3) is 11.8 Å². The van der Waals surface area contributed by atoms with E-state index >= 15 is 0 Å². The van der Waals surface area contributed by atoms with Gasteiger partial charge in [-0.1, -0.05) is 12.1 Å². The highest BCUT2D eigenvalue weighted by Gasteiger charge is 2.40. The molecule has 0 bridgehead atoms. The number of esters is 1. The summed E-state index contributed by atoms with van der Waals surface area (Å²) < 4.78 is 48.6. The number of rotatable bonds is 9. The minimum atomic E-state index is -4.61. The summed E-state index contributed by atoms with van der Waals surface area (Å²) in [5.41, 5.74) is -0.232. The Morgan fingerprint density at radius 3 is 2.50 bits per heavy atom. The lowest BCUT2D eigenvalue weighted by Crippen LogP contribution is -2.47. The molecule has 0 saturated heterocycles. The highest BCUT2D eigenvalue weighted by Crippen LogP contribution is 2.36. The van der Waals surface area contributed by atoms with Crippen molar-refractivity contribution in [3.63, 3.8) is 0 Å². The number of alkyl halides is 3. The Kier molecular flexibility index (Phi) is 7.23. The van der Waals surface area contributed by atoms with Gasteiger partial charge in [-0.2, -0.15) is 13.2 Å². The largest absolute Gasteiger partial charge is 0.452 e. The predicted molar refractivity (Wildman–Crippen MR) is 110 cm³/mol. The molecule has 2 amide bonds. The lowest BCUT2D eigenvalue weighted by atomic mass is 10.1. The summed E-state index contributed by atoms with van der Waals surface area (Å²) >= 11 is 0. The topological polar surface area (TPSA) is 132 Å². The van der Waals surface area contributed by atoms with E-state index in [1.54, 1.807) is 0 Å². The molecule has 1 aromatic carbocycles. The van der Waals surface area contributed by atoms with Crippen LogP contribution < -0.4 is 5.32 Å². The minimum Gasteiger partial charge on any atom is -0.452 e. The second kappa shape index (κ2) is 9.93. The smallest absolute Gasteiger partial charge is 0.433 e. The fraction of sp³-hybridized carbons (Fsp3) is 0.381. The number of carbonyl (C=O) groups excluding carboxylic acids is 3. The van der Waals surface area contributed by atoms with Crippen LogP contribution >= 0.6 is 0 Å². The standard InChI is InChI=1S/C21H20F3N3O7/c1-12(13-6-7-13)26(11-21(22,23)24)17(28)10-33-20(30)14-4-2-3-5-15(14)25-19(29)16-8-9-18(34-16)27(31)32/h2-5,8-9,12-13H,6-7,10-11H2,1H3,(H,25,29)/t12-/m0/s1. The Morgan fingerprint density at radius 2 is 1.91 bits per heavy atom. The van der Waals surface area contributed by atoms with Crippen LogP contribution in [0.1, 0.15) is 40.7 Å². The number of carbonyl (C=O) groups is 3. The molecule has 1 heterocycles. The Hall–Kier alpha value is -3.90. The van der Waals surface area contributed by atoms with Gasteiger partial charge in [-0.25, -0.2) is 4.79 Å². The molecule has 2 aromatic rings. The number of para-hydroxylation sites is 1. The fourth-order valence-electron chi connectivity index (χ4n) is 3.28. The number of halogens is 3. The first-order valence-electron chi connectivity index (χ1n) is 10.1. The molecular formula is C21H20F3N3O7. The normalized spacial score (nSPS) is 14.2. The molecule has 3 rings (SSSR count). The van der Waals surface area contributed by atoms with Crippen molar-refractivity contribution < 1.29 is 41.6 Å². The molecule has 0 spiro atoms. The minimum absolute atomic E-state index is 0.0321. The number of hydrogen-bond donors (Lipinski definition) is 1. The third kappa shape index (κ3) is 6.33. The Morgan fingerprint density at radius 1 is 1.24 bits per heavy atom. The van der Waals surface area contributed by atoms with Gasteiger partial charge in [0.1, 0.15) is 11.5 Å². The van der Waals surface area contributed by atoms with Gasteiger partial charge >= 0.3 is 18.0 Å². The molecule has 0 unspecified atom stereocenters. The van der Waals surface area contributed by atoms with Gasteiger partial charge < -0.3 is 19.4 Å². The average molecular weight is 483 g/mol. The summed E-state index contributed by atoms with van der Waals surface area (Å²) in [5, 5.41) is 13.0. The van der Waals surface area contributed by atoms with E-state index in [0.29, 0.717) is 17.7 Å². The van der Waals surface area contributed by atoms with Crippen LogP contribution in [0, 0.1) is 16.0 Å². The number of anilines is 1. The summed E-state index contributed by atoms with van der Waals surface area (Å²) in [7, 11) is 0. The van der Waals surface area contributed by atoms with Gasteiger partial charge in [-0.05, 0) is 43.9 Å². The predicted octanol–water partition coefficient (Wildman–Crippen LogP) is 3.79. The molecule has 1 atom stereocenters. The van der Waals surface area contributed by atoms with Gasteiger partial charge in [0.05, 0.1) is 17.3 Å². The van der Waals surface area contributed by atoms with Crippen LogP contribution in [0.15, 0.2) is 40.8 Å². The number of hydrogen-bond acceptors (Lipinski definition) is 7. The number of ether oxygens (including phenoxy) is 1. The molecule has 1 aromatic heterocycles. The number of furan rings is 1. The van der Waals surface area contributed by atoms with Crippen LogP contribution in [-0.2, 0) is 9.53 Å². The van der Waals surface area contributed by atoms with Crippen LogP contribution in [0.25, 0.3) is 0 Å². The van der Waals surface area contributed by atoms with Crippen LogP contribution in [0.2, 0.25) is 0 Å². The van der Waals surface area contributed by atoms with Crippen molar-refractivity contribution >= 4 is 29.4 Å². The highest BCUT2D eigenvalue weighted by molar-refractivity contribution is 6.07. The molecule has 1 fully saturated rings. The van der Waals surface area contributed by atoms with Crippen molar-refractivity contribution in [3.05, 3.63) is 57.8 Å². The highest BCUT2D eigenvalue weighted by atomic mass is 19.4. The van der Waals surface area contributed by atoms with E-state index < -0.39 is 54.0 Å². The lowest BCUT2D eigenvalue weighted by Gasteiger charge is -2.30. The fourth-order valence-corrected chi connectivity index (χ4v) is 3.28. The Bertz CT molecular complexity index is 1100. The number of nitro groups is 1. The van der Waals surface area contributed by atoms with Crippen LogP contribution in [0.3, 0.4) is 0 Å². The van der Waals surface area contributed by atoms with E-state index in [9.17, 15) is 37.7 Å². The summed E-state index contributed by atoms with van der Waals surface area (Å²) in [6.07, 6.45) is -3.18. The van der Waals surface area contributed by atoms with E-state index in [4.69, 9.17) is 9.15 Å². The molecule has 10 nitrogen and oxygen atoms in total. The molecule has 0 radical (unpaired) electrons. The number of amides is 2. The first-order valence-corrected chi connectivity index (χ1v) is 10.1. The van der Waals surface area contributed by atoms with Crippen molar-refractivity contribution in [1.29, 1.82) is 0 Å². The maximum Gasteiger partial charge on any atom is 0.433 e. The lowest BCUT2D eigenvalue weighted by molar-refractivity contribution is -0.402. The third-order valence-electron chi connectivity index (χ3n) is 5.18. The molecule has 182 valence electrons. The number of nitrogens with one attached hydrogen (secondary N) is 1. The number of benzene rings is 1. The molecule has 0 aliphatic heterocycles. The summed E-state index contributed by atoms with van der Waals surface area (Å²) in [6, 6.07) is 6.92. The molecule has 34 heavy (non-hydrogen) atoms. The van der Waals surface area contributed by atoms with Gasteiger partial charge in [0.2, 0.25) is 0 Å². The second-order valence-corrected chi connectivity index (χ2v) is 7.69. The van der Waals surface area contributed by atoms with Crippen LogP contribution in [0.4, 0.5) is 24.7 Å². The molecular weight excluding hydrogens is 463 g/mol. The second-order valence-electron chi connectivity index (χ2n) is 7.69. The summed E-state index contributed by atoms with van der Waals surface area (Å²) in [6.45, 7) is -0.853. The van der Waals surface area contributed by atoms with Crippen LogP contribution in [0.5, 0.6) is 0 Å². The van der Waals surface area contributed by atoms with Gasteiger partial charge in [0.15, 0.2) is 12.4 Å². The zero-order valence-corrected chi connectivity index (χ0v) is 17.8. The summed E-state index contributed by atoms with van der Waals surface area (Å²) in [5.74, 6) is -4.01. The SMILES string of the molecule is C[C@@H](C1CC1)N(CC(F)(F)F)C(=O)COC(=O)c1ccccc1NC(=O)c1ccc([N+](=O)[O-])o1. The van der Waals surface area contributed by atoms with Crippen molar-refractivity contribution in [3.8, 4) is 0 Å². The Labute approximate surface area is 190 Å². The zero-order valence-electron chi connectivity index (χ0n) is 17.8. The van der Waals surface area contributed by atoms with E-state index in [2.05, 4.69) is 5.32 Å². The van der Waals surface area contributed by atoms with Crippen molar-refractivity contribution in [1.82, 2.24) is 4.90 Å². The molecule has 13 heteroatoms. The third-order valence-corrected chi connectivity index (χ3v) is 5.18. The first kappa shape index (κ1) is 24.7. The zero-order chi connectivity index (χ0) is 25.0. The van der Waals surface area contributed by atoms with E-state index in [1.807, 2.05) is 0 Å². The Balaban J connectivity index is 1.67. The summed E-state index contributed by atoms with van der Waals surface area (Å²) in [4.78, 5) is 47.8. The van der Waals surface area contributed by atoms with Crippen molar-refractivity contribution in [2.45, 2.75) is 32.0 Å². The van der Waals surface area contributed by atoms with Gasteiger partial charge in [-0.3, -0.25) is 19.7 Å². The van der Waals surface area contributed by atoms with Gasteiger partial charge in [-0.15, -0.1) is 0 Å². The van der Waals surface area contributed by atoms with E-state index in [-0.39, 0.29) is 22.9 Å². The van der Waals surface area contributed by atoms with Crippen molar-refractivity contribution in [2.75, 3.05) is 18.5 Å². The molecule has 1 N–H and O–H groups in total. The maximum atomic E-state index is 12.9. The molecule has 1 saturated carbocycles. The van der Waals surface area contributed by atoms with Crippen molar-refractivity contribution in [2.24, 2.45) is 5.92 Å². The average Bonchev–Trinajstić information content (AvgIpc) is 3.50. The van der Waals surface area contributed by atoms with Gasteiger partial charge in [0, 0.05) is 6.04 Å². The van der Waals surface area contributed by atoms with E-state index in [0.717, 1.165) is 12.1 Å². The van der Waals surface area contributed by atoms with E-state index in [1.165, 1.54) is 31.2 Å². The molecule has 1 aliphatic rings. The quantitative estimate of drug-likeness (QED) is 0.326. The molecule has 1 aliphatic carbocycles. The monoisotopic (exact) mass is 483 g/mol. The first-order chi connectivity index (χ1) is 16.0. The maximum absolute atomic E-state index is 12.9.